The molecule has 3 heteroatoms. The SMILES string of the molecule is COC1=N/C(=C\c2cccc(C)c2)c2nc3ccccc3cc21. The molecule has 1 aliphatic rings. The van der Waals surface area contributed by atoms with Crippen molar-refractivity contribution in [3.63, 3.8) is 0 Å². The molecular formula is C20H16N2O. The van der Waals surface area contributed by atoms with E-state index in [0.717, 1.165) is 33.4 Å². The summed E-state index contributed by atoms with van der Waals surface area (Å²) in [5.74, 6) is 0.622. The van der Waals surface area contributed by atoms with Crippen LogP contribution in [0, 0.1) is 6.92 Å². The number of hydrogen-bond donors (Lipinski definition) is 0. The van der Waals surface area contributed by atoms with Crippen LogP contribution in [0.15, 0.2) is 59.6 Å². The van der Waals surface area contributed by atoms with Gasteiger partial charge in [0.2, 0.25) is 5.90 Å². The van der Waals surface area contributed by atoms with Crippen LogP contribution in [0.3, 0.4) is 0 Å². The third-order valence-electron chi connectivity index (χ3n) is 3.96. The molecule has 0 saturated carbocycles. The number of aryl methyl sites for hydroxylation is 1. The number of para-hydroxylation sites is 1. The quantitative estimate of drug-likeness (QED) is 0.665. The Morgan fingerprint density at radius 2 is 1.87 bits per heavy atom. The lowest BCUT2D eigenvalue weighted by atomic mass is 10.1. The highest BCUT2D eigenvalue weighted by Gasteiger charge is 2.23. The maximum absolute atomic E-state index is 5.45. The van der Waals surface area contributed by atoms with Crippen molar-refractivity contribution in [1.29, 1.82) is 0 Å². The smallest absolute Gasteiger partial charge is 0.223 e. The molecule has 4 rings (SSSR count). The average molecular weight is 300 g/mol. The van der Waals surface area contributed by atoms with Gasteiger partial charge in [0.05, 0.1) is 23.9 Å². The molecule has 0 saturated heterocycles. The highest BCUT2D eigenvalue weighted by molar-refractivity contribution is 6.10. The summed E-state index contributed by atoms with van der Waals surface area (Å²) in [5.41, 5.74) is 5.97. The first-order valence-electron chi connectivity index (χ1n) is 7.56. The first-order valence-corrected chi connectivity index (χ1v) is 7.56. The van der Waals surface area contributed by atoms with E-state index in [1.165, 1.54) is 5.56 Å². The highest BCUT2D eigenvalue weighted by atomic mass is 16.5. The minimum absolute atomic E-state index is 0.622. The number of ether oxygens (including phenoxy) is 1. The van der Waals surface area contributed by atoms with E-state index in [1.807, 2.05) is 24.3 Å². The van der Waals surface area contributed by atoms with E-state index in [9.17, 15) is 0 Å². The molecule has 112 valence electrons. The fraction of sp³-hybridized carbons (Fsp3) is 0.100. The normalized spacial score (nSPS) is 14.9. The van der Waals surface area contributed by atoms with Gasteiger partial charge in [-0.05, 0) is 30.7 Å². The molecule has 0 atom stereocenters. The number of hydrogen-bond acceptors (Lipinski definition) is 3. The van der Waals surface area contributed by atoms with Gasteiger partial charge in [-0.25, -0.2) is 9.98 Å². The third kappa shape index (κ3) is 2.40. The maximum atomic E-state index is 5.45. The molecule has 0 aliphatic carbocycles. The summed E-state index contributed by atoms with van der Waals surface area (Å²) in [5, 5.41) is 1.09. The molecule has 0 spiro atoms. The zero-order chi connectivity index (χ0) is 15.8. The van der Waals surface area contributed by atoms with Gasteiger partial charge in [-0.1, -0.05) is 48.0 Å². The minimum atomic E-state index is 0.622. The third-order valence-corrected chi connectivity index (χ3v) is 3.96. The number of methoxy groups -OCH3 is 1. The second-order valence-electron chi connectivity index (χ2n) is 5.64. The molecule has 2 heterocycles. The van der Waals surface area contributed by atoms with Crippen LogP contribution in [-0.4, -0.2) is 18.0 Å². The van der Waals surface area contributed by atoms with Crippen LogP contribution in [0.4, 0.5) is 0 Å². The van der Waals surface area contributed by atoms with Crippen LogP contribution in [0.25, 0.3) is 22.7 Å². The zero-order valence-corrected chi connectivity index (χ0v) is 13.1. The van der Waals surface area contributed by atoms with Gasteiger partial charge in [0.1, 0.15) is 5.69 Å². The number of rotatable bonds is 1. The van der Waals surface area contributed by atoms with Gasteiger partial charge in [-0.2, -0.15) is 0 Å². The van der Waals surface area contributed by atoms with Gasteiger partial charge in [0, 0.05) is 5.39 Å². The fourth-order valence-electron chi connectivity index (χ4n) is 2.87. The van der Waals surface area contributed by atoms with Crippen LogP contribution in [0.5, 0.6) is 0 Å². The van der Waals surface area contributed by atoms with Gasteiger partial charge in [0.15, 0.2) is 0 Å². The Morgan fingerprint density at radius 1 is 1.00 bits per heavy atom. The Labute approximate surface area is 135 Å². The van der Waals surface area contributed by atoms with Gasteiger partial charge in [0.25, 0.3) is 0 Å². The van der Waals surface area contributed by atoms with Crippen molar-refractivity contribution in [2.45, 2.75) is 6.92 Å². The second-order valence-corrected chi connectivity index (χ2v) is 5.64. The highest BCUT2D eigenvalue weighted by Crippen LogP contribution is 2.31. The summed E-state index contributed by atoms with van der Waals surface area (Å²) in [4.78, 5) is 9.41. The van der Waals surface area contributed by atoms with Gasteiger partial charge in [-0.3, -0.25) is 0 Å². The van der Waals surface area contributed by atoms with Crippen molar-refractivity contribution >= 4 is 28.6 Å². The average Bonchev–Trinajstić information content (AvgIpc) is 2.90. The van der Waals surface area contributed by atoms with Crippen LogP contribution >= 0.6 is 0 Å². The van der Waals surface area contributed by atoms with Crippen LogP contribution in [-0.2, 0) is 4.74 Å². The van der Waals surface area contributed by atoms with Gasteiger partial charge >= 0.3 is 0 Å². The molecule has 0 radical (unpaired) electrons. The second kappa shape index (κ2) is 5.36. The molecule has 2 aromatic carbocycles. The van der Waals surface area contributed by atoms with Gasteiger partial charge in [-0.15, -0.1) is 0 Å². The first kappa shape index (κ1) is 13.7. The minimum Gasteiger partial charge on any atom is -0.480 e. The molecule has 0 N–H and O–H groups in total. The Bertz CT molecular complexity index is 970. The number of aliphatic imine (C=N–C) groups is 1. The van der Waals surface area contributed by atoms with E-state index < -0.39 is 0 Å². The molecule has 1 aromatic heterocycles. The van der Waals surface area contributed by atoms with E-state index in [2.05, 4.69) is 48.3 Å². The Morgan fingerprint density at radius 3 is 2.70 bits per heavy atom. The van der Waals surface area contributed by atoms with Crippen molar-refractivity contribution < 1.29 is 4.74 Å². The first-order chi connectivity index (χ1) is 11.2. The maximum Gasteiger partial charge on any atom is 0.223 e. The monoisotopic (exact) mass is 300 g/mol. The molecular weight excluding hydrogens is 284 g/mol. The van der Waals surface area contributed by atoms with Crippen molar-refractivity contribution in [1.82, 2.24) is 4.98 Å². The summed E-state index contributed by atoms with van der Waals surface area (Å²) < 4.78 is 5.45. The summed E-state index contributed by atoms with van der Waals surface area (Å²) in [7, 11) is 1.65. The molecule has 0 fully saturated rings. The van der Waals surface area contributed by atoms with Crippen molar-refractivity contribution in [3.05, 3.63) is 77.0 Å². The lowest BCUT2D eigenvalue weighted by Gasteiger charge is -2.04. The summed E-state index contributed by atoms with van der Waals surface area (Å²) in [6.45, 7) is 2.08. The molecule has 23 heavy (non-hydrogen) atoms. The molecule has 0 bridgehead atoms. The van der Waals surface area contributed by atoms with E-state index in [-0.39, 0.29) is 0 Å². The number of aromatic nitrogens is 1. The Kier molecular flexibility index (Phi) is 3.19. The molecule has 3 nitrogen and oxygen atoms in total. The summed E-state index contributed by atoms with van der Waals surface area (Å²) in [6.07, 6.45) is 2.06. The molecule has 3 aromatic rings. The lowest BCUT2D eigenvalue weighted by Crippen LogP contribution is -2.01. The van der Waals surface area contributed by atoms with Crippen LogP contribution < -0.4 is 0 Å². The number of fused-ring (bicyclic) bond motifs is 2. The van der Waals surface area contributed by atoms with E-state index in [4.69, 9.17) is 9.72 Å². The summed E-state index contributed by atoms with van der Waals surface area (Å²) >= 11 is 0. The Hall–Kier alpha value is -2.94. The van der Waals surface area contributed by atoms with Crippen molar-refractivity contribution in [2.24, 2.45) is 4.99 Å². The molecule has 0 amide bonds. The number of benzene rings is 2. The van der Waals surface area contributed by atoms with Crippen LogP contribution in [0.1, 0.15) is 22.4 Å². The van der Waals surface area contributed by atoms with Crippen molar-refractivity contribution in [2.75, 3.05) is 7.11 Å². The zero-order valence-electron chi connectivity index (χ0n) is 13.1. The van der Waals surface area contributed by atoms with E-state index in [1.54, 1.807) is 7.11 Å². The number of nitrogens with zero attached hydrogens (tertiary/aromatic N) is 2. The predicted octanol–water partition coefficient (Wildman–Crippen LogP) is 4.45. The standard InChI is InChI=1S/C20H16N2O/c1-13-6-5-7-14(10-13)11-18-19-16(20(22-18)23-2)12-15-8-3-4-9-17(15)21-19/h3-12H,1-2H3/b18-11-. The van der Waals surface area contributed by atoms with Gasteiger partial charge < -0.3 is 4.74 Å². The predicted molar refractivity (Wildman–Crippen MR) is 94.3 cm³/mol. The van der Waals surface area contributed by atoms with Crippen molar-refractivity contribution in [3.8, 4) is 0 Å². The topological polar surface area (TPSA) is 34.5 Å². The molecule has 1 aliphatic heterocycles. The Balaban J connectivity index is 1.91. The summed E-state index contributed by atoms with van der Waals surface area (Å²) in [6, 6.07) is 18.5. The van der Waals surface area contributed by atoms with Crippen LogP contribution in [0.2, 0.25) is 0 Å². The van der Waals surface area contributed by atoms with E-state index >= 15 is 0 Å². The fourth-order valence-corrected chi connectivity index (χ4v) is 2.87. The number of pyridine rings is 1. The molecule has 0 unspecified atom stereocenters. The van der Waals surface area contributed by atoms with E-state index in [0.29, 0.717) is 5.90 Å². The largest absolute Gasteiger partial charge is 0.480 e. The lowest BCUT2D eigenvalue weighted by molar-refractivity contribution is 0.406.